The summed E-state index contributed by atoms with van der Waals surface area (Å²) < 4.78 is 5.75. The number of amides is 1. The average Bonchev–Trinajstić information content (AvgIpc) is 2.86. The molecule has 1 amide bonds. The van der Waals surface area contributed by atoms with Crippen LogP contribution >= 0.6 is 0 Å². The first-order chi connectivity index (χ1) is 7.96. The summed E-state index contributed by atoms with van der Waals surface area (Å²) in [7, 11) is 0. The van der Waals surface area contributed by atoms with Crippen molar-refractivity contribution < 1.29 is 19.4 Å². The summed E-state index contributed by atoms with van der Waals surface area (Å²) in [5, 5.41) is 9.24. The Bertz CT molecular complexity index is 430. The molecule has 0 radical (unpaired) electrons. The van der Waals surface area contributed by atoms with E-state index in [4.69, 9.17) is 4.74 Å². The van der Waals surface area contributed by atoms with Crippen molar-refractivity contribution in [2.45, 2.75) is 31.6 Å². The highest BCUT2D eigenvalue weighted by Gasteiger charge is 2.67. The number of likely N-dealkylation sites (tertiary alicyclic amines) is 1. The van der Waals surface area contributed by atoms with Gasteiger partial charge in [0.1, 0.15) is 11.5 Å². The molecule has 0 aromatic carbocycles. The second-order valence-corrected chi connectivity index (χ2v) is 5.30. The van der Waals surface area contributed by atoms with Crippen molar-refractivity contribution in [3.63, 3.8) is 0 Å². The molecular weight excluding hydrogens is 222 g/mol. The molecule has 1 N–H and O–H groups in total. The van der Waals surface area contributed by atoms with E-state index in [1.165, 1.54) is 0 Å². The average molecular weight is 237 g/mol. The molecule has 3 heterocycles. The molecule has 1 spiro atoms. The third-order valence-corrected chi connectivity index (χ3v) is 4.04. The van der Waals surface area contributed by atoms with Crippen molar-refractivity contribution in [3.8, 4) is 0 Å². The molecule has 2 fully saturated rings. The van der Waals surface area contributed by atoms with E-state index in [0.29, 0.717) is 6.54 Å². The maximum atomic E-state index is 12.3. The van der Waals surface area contributed by atoms with Crippen molar-refractivity contribution in [1.82, 2.24) is 4.90 Å². The molecule has 0 aromatic rings. The van der Waals surface area contributed by atoms with Gasteiger partial charge in [-0.1, -0.05) is 12.2 Å². The molecule has 17 heavy (non-hydrogen) atoms. The van der Waals surface area contributed by atoms with E-state index in [1.54, 1.807) is 11.0 Å². The Morgan fingerprint density at radius 3 is 2.94 bits per heavy atom. The normalized spacial score (nSPS) is 42.6. The van der Waals surface area contributed by atoms with Gasteiger partial charge in [-0.25, -0.2) is 0 Å². The predicted octanol–water partition coefficient (Wildman–Crippen LogP) is 0.261. The van der Waals surface area contributed by atoms with E-state index in [0.717, 1.165) is 0 Å². The minimum atomic E-state index is -0.940. The van der Waals surface area contributed by atoms with Gasteiger partial charge in [0, 0.05) is 6.04 Å². The van der Waals surface area contributed by atoms with Gasteiger partial charge in [-0.15, -0.1) is 0 Å². The molecule has 5 nitrogen and oxygen atoms in total. The molecule has 0 saturated carbocycles. The minimum absolute atomic E-state index is 0.0768. The summed E-state index contributed by atoms with van der Waals surface area (Å²) in [6, 6.07) is 0.0768. The highest BCUT2D eigenvalue weighted by molar-refractivity contribution is 5.90. The maximum Gasteiger partial charge on any atom is 0.310 e. The molecule has 5 heteroatoms. The molecule has 2 saturated heterocycles. The van der Waals surface area contributed by atoms with Gasteiger partial charge in [0.05, 0.1) is 18.6 Å². The number of nitrogens with zero attached hydrogens (tertiary/aromatic N) is 1. The fourth-order valence-corrected chi connectivity index (χ4v) is 3.25. The zero-order chi connectivity index (χ0) is 12.4. The Labute approximate surface area is 99.0 Å². The zero-order valence-corrected chi connectivity index (χ0v) is 9.79. The van der Waals surface area contributed by atoms with E-state index in [2.05, 4.69) is 0 Å². The van der Waals surface area contributed by atoms with Crippen LogP contribution in [0, 0.1) is 11.8 Å². The molecule has 92 valence electrons. The fourth-order valence-electron chi connectivity index (χ4n) is 3.25. The second kappa shape index (κ2) is 3.10. The van der Waals surface area contributed by atoms with Gasteiger partial charge >= 0.3 is 5.97 Å². The van der Waals surface area contributed by atoms with Crippen molar-refractivity contribution in [3.05, 3.63) is 12.2 Å². The van der Waals surface area contributed by atoms with Crippen LogP contribution in [-0.4, -0.2) is 46.2 Å². The van der Waals surface area contributed by atoms with Crippen LogP contribution in [0.15, 0.2) is 12.2 Å². The quantitative estimate of drug-likeness (QED) is 0.700. The van der Waals surface area contributed by atoms with Gasteiger partial charge in [0.2, 0.25) is 5.91 Å². The zero-order valence-electron chi connectivity index (χ0n) is 9.79. The highest BCUT2D eigenvalue weighted by Crippen LogP contribution is 2.52. The molecule has 4 atom stereocenters. The van der Waals surface area contributed by atoms with Gasteiger partial charge in [-0.05, 0) is 13.8 Å². The van der Waals surface area contributed by atoms with Crippen molar-refractivity contribution in [1.29, 1.82) is 0 Å². The topological polar surface area (TPSA) is 66.8 Å². The first-order valence-electron chi connectivity index (χ1n) is 5.87. The van der Waals surface area contributed by atoms with Gasteiger partial charge < -0.3 is 14.7 Å². The molecule has 3 aliphatic heterocycles. The van der Waals surface area contributed by atoms with E-state index < -0.39 is 29.5 Å². The SMILES string of the molecule is CC(C)N1C[C@]23C=C[C@H](O2)[C@H](C(=O)O)[C@@H]3C1=O. The van der Waals surface area contributed by atoms with Crippen LogP contribution < -0.4 is 0 Å². The summed E-state index contributed by atoms with van der Waals surface area (Å²) >= 11 is 0. The first kappa shape index (κ1) is 10.8. The third kappa shape index (κ3) is 1.17. The number of carboxylic acid groups (broad SMARTS) is 1. The maximum absolute atomic E-state index is 12.3. The number of carbonyl (C=O) groups excluding carboxylic acids is 1. The predicted molar refractivity (Wildman–Crippen MR) is 58.2 cm³/mol. The van der Waals surface area contributed by atoms with E-state index in [-0.39, 0.29) is 11.9 Å². The summed E-state index contributed by atoms with van der Waals surface area (Å²) in [5.74, 6) is -2.29. The second-order valence-electron chi connectivity index (χ2n) is 5.30. The number of fused-ring (bicyclic) bond motifs is 1. The lowest BCUT2D eigenvalue weighted by molar-refractivity contribution is -0.148. The van der Waals surface area contributed by atoms with Crippen LogP contribution in [0.2, 0.25) is 0 Å². The van der Waals surface area contributed by atoms with Crippen LogP contribution in [-0.2, 0) is 14.3 Å². The van der Waals surface area contributed by atoms with E-state index >= 15 is 0 Å². The number of ether oxygens (including phenoxy) is 1. The molecule has 2 bridgehead atoms. The number of aliphatic carboxylic acids is 1. The van der Waals surface area contributed by atoms with Gasteiger partial charge in [0.25, 0.3) is 0 Å². The van der Waals surface area contributed by atoms with Crippen LogP contribution in [0.5, 0.6) is 0 Å². The van der Waals surface area contributed by atoms with Crippen molar-refractivity contribution >= 4 is 11.9 Å². The standard InChI is InChI=1S/C12H15NO4/c1-6(2)13-5-12-4-3-7(17-12)8(11(15)16)9(12)10(13)14/h3-4,6-9H,5H2,1-2H3,(H,15,16)/t7-,8-,9+,12-/m0/s1. The molecule has 3 aliphatic rings. The molecular formula is C12H15NO4. The number of carbonyl (C=O) groups is 2. The van der Waals surface area contributed by atoms with Gasteiger partial charge in [-0.2, -0.15) is 0 Å². The highest BCUT2D eigenvalue weighted by atomic mass is 16.5. The fraction of sp³-hybridized carbons (Fsp3) is 0.667. The van der Waals surface area contributed by atoms with Gasteiger partial charge in [0.15, 0.2) is 0 Å². The smallest absolute Gasteiger partial charge is 0.310 e. The lowest BCUT2D eigenvalue weighted by Crippen LogP contribution is -2.39. The van der Waals surface area contributed by atoms with Crippen LogP contribution in [0.3, 0.4) is 0 Å². The van der Waals surface area contributed by atoms with E-state index in [9.17, 15) is 14.7 Å². The Morgan fingerprint density at radius 1 is 1.65 bits per heavy atom. The number of rotatable bonds is 2. The van der Waals surface area contributed by atoms with Crippen molar-refractivity contribution in [2.75, 3.05) is 6.54 Å². The number of carboxylic acids is 1. The largest absolute Gasteiger partial charge is 0.481 e. The minimum Gasteiger partial charge on any atom is -0.481 e. The van der Waals surface area contributed by atoms with Crippen LogP contribution in [0.1, 0.15) is 13.8 Å². The Hall–Kier alpha value is -1.36. The first-order valence-corrected chi connectivity index (χ1v) is 5.87. The van der Waals surface area contributed by atoms with Crippen LogP contribution in [0.25, 0.3) is 0 Å². The Balaban J connectivity index is 2.01. The van der Waals surface area contributed by atoms with E-state index in [1.807, 2.05) is 19.9 Å². The lowest BCUT2D eigenvalue weighted by atomic mass is 9.77. The monoisotopic (exact) mass is 237 g/mol. The Kier molecular flexibility index (Phi) is 1.96. The molecule has 3 rings (SSSR count). The number of hydrogen-bond acceptors (Lipinski definition) is 3. The summed E-state index contributed by atoms with van der Waals surface area (Å²) in [4.78, 5) is 25.3. The Morgan fingerprint density at radius 2 is 2.35 bits per heavy atom. The lowest BCUT2D eigenvalue weighted by Gasteiger charge is -2.24. The molecule has 0 unspecified atom stereocenters. The van der Waals surface area contributed by atoms with Crippen LogP contribution in [0.4, 0.5) is 0 Å². The number of hydrogen-bond donors (Lipinski definition) is 1. The third-order valence-electron chi connectivity index (χ3n) is 4.04. The summed E-state index contributed by atoms with van der Waals surface area (Å²) in [5.41, 5.74) is -0.685. The van der Waals surface area contributed by atoms with Crippen molar-refractivity contribution in [2.24, 2.45) is 11.8 Å². The van der Waals surface area contributed by atoms with Gasteiger partial charge in [-0.3, -0.25) is 9.59 Å². The summed E-state index contributed by atoms with van der Waals surface area (Å²) in [6.07, 6.45) is 3.23. The molecule has 0 aliphatic carbocycles. The summed E-state index contributed by atoms with van der Waals surface area (Å²) in [6.45, 7) is 4.34. The molecule has 0 aromatic heterocycles.